The standard InChI is InChI=1S/C45H47ClFN9O6/c46-35-13-32(4-1-25(35)16-48)62-31-5-2-30(3-6-31)49-42(58)37-7-9-40(52-51-37)55-20-26-11-24(12-27(26)21-55)17-53-18-28-22-54(23-29(28)19-53)39-15-34-33(14-36(39)47)44(60)56(45(34)61)38-8-10-41(57)50-43(38)59/h1,4,7,9,13-15,24,26-31,38H,2-3,5-6,8,10-12,17-23H2,(H,49,58)(H,50,57,59)/t24-,26-,27+,28?,29?,30-,31-,38?. The quantitative estimate of drug-likeness (QED) is 0.294. The van der Waals surface area contributed by atoms with Crippen LogP contribution in [0.5, 0.6) is 5.75 Å². The second-order valence-electron chi connectivity index (χ2n) is 18.3. The lowest BCUT2D eigenvalue weighted by Gasteiger charge is -2.29. The number of amides is 5. The Kier molecular flexibility index (Phi) is 10.6. The maximum Gasteiger partial charge on any atom is 0.272 e. The van der Waals surface area contributed by atoms with Crippen molar-refractivity contribution in [2.24, 2.45) is 29.6 Å². The van der Waals surface area contributed by atoms with E-state index in [0.29, 0.717) is 70.4 Å². The molecule has 62 heavy (non-hydrogen) atoms. The summed E-state index contributed by atoms with van der Waals surface area (Å²) in [4.78, 5) is 71.5. The van der Waals surface area contributed by atoms with E-state index in [0.717, 1.165) is 88.0 Å². The molecule has 15 nitrogen and oxygen atoms in total. The highest BCUT2D eigenvalue weighted by atomic mass is 35.5. The number of aromatic nitrogens is 2. The molecule has 5 aliphatic heterocycles. The number of piperidine rings is 1. The van der Waals surface area contributed by atoms with E-state index in [1.807, 2.05) is 11.0 Å². The fourth-order valence-corrected chi connectivity index (χ4v) is 11.5. The van der Waals surface area contributed by atoms with E-state index < -0.39 is 35.5 Å². The molecule has 6 heterocycles. The van der Waals surface area contributed by atoms with Crippen molar-refractivity contribution >= 4 is 52.6 Å². The Hall–Kier alpha value is -5.66. The van der Waals surface area contributed by atoms with Crippen LogP contribution in [-0.4, -0.2) is 114 Å². The van der Waals surface area contributed by atoms with Gasteiger partial charge in [-0.05, 0) is 111 Å². The summed E-state index contributed by atoms with van der Waals surface area (Å²) < 4.78 is 21.7. The zero-order chi connectivity index (χ0) is 42.8. The summed E-state index contributed by atoms with van der Waals surface area (Å²) in [7, 11) is 0. The molecule has 6 atom stereocenters. The van der Waals surface area contributed by atoms with E-state index >= 15 is 4.39 Å². The third-order valence-corrected chi connectivity index (χ3v) is 14.7. The molecule has 10 rings (SSSR count). The van der Waals surface area contributed by atoms with Crippen molar-refractivity contribution in [1.29, 1.82) is 5.26 Å². The Morgan fingerprint density at radius 3 is 2.19 bits per heavy atom. The number of hydrogen-bond donors (Lipinski definition) is 2. The van der Waals surface area contributed by atoms with E-state index in [4.69, 9.17) is 21.6 Å². The fraction of sp³-hybridized carbons (Fsp3) is 0.511. The lowest BCUT2D eigenvalue weighted by atomic mass is 9.93. The van der Waals surface area contributed by atoms with Gasteiger partial charge in [0.2, 0.25) is 11.8 Å². The first-order valence-electron chi connectivity index (χ1n) is 21.8. The first-order chi connectivity index (χ1) is 30.0. The van der Waals surface area contributed by atoms with E-state index in [-0.39, 0.29) is 42.0 Å². The van der Waals surface area contributed by atoms with Gasteiger partial charge in [0.05, 0.1) is 33.5 Å². The summed E-state index contributed by atoms with van der Waals surface area (Å²) in [5.74, 6) is 0.694. The van der Waals surface area contributed by atoms with Gasteiger partial charge in [-0.15, -0.1) is 10.2 Å². The van der Waals surface area contributed by atoms with E-state index in [2.05, 4.69) is 36.7 Å². The number of halogens is 2. The maximum atomic E-state index is 15.6. The molecule has 3 unspecified atom stereocenters. The predicted octanol–water partition coefficient (Wildman–Crippen LogP) is 4.19. The van der Waals surface area contributed by atoms with Crippen molar-refractivity contribution in [1.82, 2.24) is 30.6 Å². The number of ether oxygens (including phenoxy) is 1. The molecule has 3 aromatic rings. The van der Waals surface area contributed by atoms with Gasteiger partial charge >= 0.3 is 0 Å². The number of nitrogens with zero attached hydrogens (tertiary/aromatic N) is 7. The highest BCUT2D eigenvalue weighted by Gasteiger charge is 2.48. The number of benzene rings is 2. The number of rotatable bonds is 9. The maximum absolute atomic E-state index is 15.6. The number of nitrogens with one attached hydrogen (secondary N) is 2. The van der Waals surface area contributed by atoms with Crippen LogP contribution in [-0.2, 0) is 9.59 Å². The topological polar surface area (TPSA) is 181 Å². The van der Waals surface area contributed by atoms with Crippen LogP contribution in [0.1, 0.15) is 88.1 Å². The van der Waals surface area contributed by atoms with E-state index in [1.54, 1.807) is 24.3 Å². The SMILES string of the molecule is N#Cc1ccc(O[C@H]2CC[C@H](NC(=O)c3ccc(N4C[C@H]5C[C@@H](CN6CC7CN(c8cc9c(cc8F)C(=O)N(C8CCC(=O)NC8=O)C9=O)CC7C6)C[C@H]5C4)nn3)CC2)cc1Cl. The van der Waals surface area contributed by atoms with Crippen LogP contribution in [0.25, 0.3) is 0 Å². The molecule has 5 amide bonds. The van der Waals surface area contributed by atoms with Crippen molar-refractivity contribution in [2.75, 3.05) is 55.6 Å². The van der Waals surface area contributed by atoms with Crippen LogP contribution in [0.4, 0.5) is 15.9 Å². The number of hydrogen-bond acceptors (Lipinski definition) is 12. The summed E-state index contributed by atoms with van der Waals surface area (Å²) in [5, 5.41) is 23.6. The van der Waals surface area contributed by atoms with Gasteiger partial charge in [0.1, 0.15) is 23.7 Å². The molecule has 6 fully saturated rings. The van der Waals surface area contributed by atoms with E-state index in [9.17, 15) is 24.0 Å². The van der Waals surface area contributed by atoms with Gasteiger partial charge < -0.3 is 24.8 Å². The molecule has 2 saturated carbocycles. The minimum absolute atomic E-state index is 0.0151. The number of carbonyl (C=O) groups is 5. The van der Waals surface area contributed by atoms with Gasteiger partial charge in [-0.25, -0.2) is 4.39 Å². The molecule has 7 aliphatic rings. The second kappa shape index (κ2) is 16.2. The van der Waals surface area contributed by atoms with Crippen LogP contribution in [0.15, 0.2) is 42.5 Å². The average Bonchev–Trinajstić information content (AvgIpc) is 4.06. The molecule has 0 spiro atoms. The first-order valence-corrected chi connectivity index (χ1v) is 22.1. The van der Waals surface area contributed by atoms with Gasteiger partial charge in [-0.2, -0.15) is 5.26 Å². The Morgan fingerprint density at radius 1 is 0.855 bits per heavy atom. The normalized spacial score (nSPS) is 29.4. The molecule has 2 N–H and O–H groups in total. The van der Waals surface area contributed by atoms with Gasteiger partial charge in [0.15, 0.2) is 11.5 Å². The number of anilines is 2. The van der Waals surface area contributed by atoms with Crippen LogP contribution in [0, 0.1) is 46.7 Å². The monoisotopic (exact) mass is 863 g/mol. The summed E-state index contributed by atoms with van der Waals surface area (Å²) in [6.07, 6.45) is 5.54. The Morgan fingerprint density at radius 2 is 1.55 bits per heavy atom. The van der Waals surface area contributed by atoms with Crippen molar-refractivity contribution in [3.63, 3.8) is 0 Å². The van der Waals surface area contributed by atoms with E-state index in [1.165, 1.54) is 6.07 Å². The molecule has 0 bridgehead atoms. The highest BCUT2D eigenvalue weighted by Crippen LogP contribution is 2.44. The molecular formula is C45H47ClFN9O6. The molecular weight excluding hydrogens is 817 g/mol. The van der Waals surface area contributed by atoms with Crippen molar-refractivity contribution in [3.8, 4) is 11.8 Å². The summed E-state index contributed by atoms with van der Waals surface area (Å²) >= 11 is 6.16. The summed E-state index contributed by atoms with van der Waals surface area (Å²) in [6.45, 7) is 6.10. The van der Waals surface area contributed by atoms with Crippen molar-refractivity contribution < 1.29 is 33.1 Å². The number of carbonyl (C=O) groups excluding carboxylic acids is 5. The molecule has 1 aromatic heterocycles. The third kappa shape index (κ3) is 7.63. The zero-order valence-corrected chi connectivity index (χ0v) is 34.9. The minimum atomic E-state index is -1.09. The summed E-state index contributed by atoms with van der Waals surface area (Å²) in [6, 6.07) is 12.3. The molecule has 17 heteroatoms. The van der Waals surface area contributed by atoms with Gasteiger partial charge in [-0.1, -0.05) is 11.6 Å². The predicted molar refractivity (Wildman–Crippen MR) is 223 cm³/mol. The van der Waals surface area contributed by atoms with Crippen molar-refractivity contribution in [3.05, 3.63) is 75.7 Å². The average molecular weight is 864 g/mol. The molecule has 0 radical (unpaired) electrons. The summed E-state index contributed by atoms with van der Waals surface area (Å²) in [5.41, 5.74) is 1.07. The van der Waals surface area contributed by atoms with Gasteiger partial charge in [0.25, 0.3) is 17.7 Å². The van der Waals surface area contributed by atoms with Crippen LogP contribution in [0.2, 0.25) is 5.02 Å². The second-order valence-corrected chi connectivity index (χ2v) is 18.7. The molecule has 2 aromatic carbocycles. The largest absolute Gasteiger partial charge is 0.490 e. The van der Waals surface area contributed by atoms with Gasteiger partial charge in [0, 0.05) is 64.3 Å². The Labute approximate surface area is 362 Å². The highest BCUT2D eigenvalue weighted by molar-refractivity contribution is 6.31. The van der Waals surface area contributed by atoms with Crippen LogP contribution in [0.3, 0.4) is 0 Å². The third-order valence-electron chi connectivity index (χ3n) is 14.4. The zero-order valence-electron chi connectivity index (χ0n) is 34.1. The minimum Gasteiger partial charge on any atom is -0.490 e. The van der Waals surface area contributed by atoms with Crippen molar-refractivity contribution in [2.45, 2.75) is 69.6 Å². The molecule has 322 valence electrons. The molecule has 4 saturated heterocycles. The number of fused-ring (bicyclic) bond motifs is 3. The van der Waals surface area contributed by atoms with Crippen LogP contribution >= 0.6 is 11.6 Å². The number of likely N-dealkylation sites (tertiary alicyclic amines) is 1. The fourth-order valence-electron chi connectivity index (χ4n) is 11.3. The van der Waals surface area contributed by atoms with Gasteiger partial charge in [-0.3, -0.25) is 34.2 Å². The molecule has 2 aliphatic carbocycles. The Balaban J connectivity index is 0.662. The Bertz CT molecular complexity index is 2360. The first kappa shape index (κ1) is 40.4. The van der Waals surface area contributed by atoms with Crippen LogP contribution < -0.4 is 25.2 Å². The lowest BCUT2D eigenvalue weighted by Crippen LogP contribution is -2.54. The number of imide groups is 2. The lowest BCUT2D eigenvalue weighted by molar-refractivity contribution is -0.136. The number of nitriles is 1. The smallest absolute Gasteiger partial charge is 0.272 e.